The van der Waals surface area contributed by atoms with E-state index in [1.54, 1.807) is 23.9 Å². The van der Waals surface area contributed by atoms with Gasteiger partial charge in [0.05, 0.1) is 5.69 Å². The molecule has 0 unspecified atom stereocenters. The summed E-state index contributed by atoms with van der Waals surface area (Å²) in [7, 11) is 1.90. The maximum atomic E-state index is 12.9. The second-order valence-electron chi connectivity index (χ2n) is 5.69. The number of rotatable bonds is 6. The Bertz CT molecular complexity index is 995. The molecule has 0 aliphatic heterocycles. The first-order chi connectivity index (χ1) is 12.7. The van der Waals surface area contributed by atoms with Crippen LogP contribution in [-0.2, 0) is 19.4 Å². The summed E-state index contributed by atoms with van der Waals surface area (Å²) in [6.45, 7) is 0.268. The van der Waals surface area contributed by atoms with Crippen LogP contribution in [0.15, 0.2) is 60.0 Å². The number of thioether (sulfide) groups is 1. The molecule has 0 atom stereocenters. The van der Waals surface area contributed by atoms with Crippen molar-refractivity contribution in [3.63, 3.8) is 0 Å². The van der Waals surface area contributed by atoms with Crippen molar-refractivity contribution in [1.82, 2.24) is 24.1 Å². The first-order valence-corrected chi connectivity index (χ1v) is 8.99. The first-order valence-electron chi connectivity index (χ1n) is 8.01. The highest BCUT2D eigenvalue weighted by Crippen LogP contribution is 2.21. The van der Waals surface area contributed by atoms with Gasteiger partial charge in [-0.3, -0.25) is 0 Å². The smallest absolute Gasteiger partial charge is 0.191 e. The van der Waals surface area contributed by atoms with Gasteiger partial charge in [0.1, 0.15) is 23.8 Å². The van der Waals surface area contributed by atoms with Crippen molar-refractivity contribution in [3.05, 3.63) is 72.2 Å². The molecule has 26 heavy (non-hydrogen) atoms. The Hall–Kier alpha value is -2.87. The summed E-state index contributed by atoms with van der Waals surface area (Å²) in [5.74, 6) is 1.70. The molecule has 0 aliphatic carbocycles. The average Bonchev–Trinajstić information content (AvgIpc) is 3.22. The lowest BCUT2D eigenvalue weighted by Crippen LogP contribution is -2.04. The van der Waals surface area contributed by atoms with Crippen molar-refractivity contribution in [2.45, 2.75) is 17.5 Å². The summed E-state index contributed by atoms with van der Waals surface area (Å²) < 4.78 is 22.4. The Labute approximate surface area is 153 Å². The maximum Gasteiger partial charge on any atom is 0.191 e. The van der Waals surface area contributed by atoms with Crippen LogP contribution in [0.2, 0.25) is 0 Å². The number of aromatic nitrogens is 5. The zero-order chi connectivity index (χ0) is 17.9. The van der Waals surface area contributed by atoms with Gasteiger partial charge in [-0.15, -0.1) is 10.2 Å². The van der Waals surface area contributed by atoms with E-state index in [4.69, 9.17) is 4.74 Å². The number of nitrogens with zero attached hydrogens (tertiary/aromatic N) is 5. The van der Waals surface area contributed by atoms with Gasteiger partial charge in [0.15, 0.2) is 11.0 Å². The third-order valence-corrected chi connectivity index (χ3v) is 4.92. The minimum atomic E-state index is -0.290. The van der Waals surface area contributed by atoms with Crippen LogP contribution in [0.3, 0.4) is 0 Å². The lowest BCUT2D eigenvalue weighted by molar-refractivity contribution is 0.290. The molecule has 0 spiro atoms. The van der Waals surface area contributed by atoms with Gasteiger partial charge in [-0.25, -0.2) is 9.37 Å². The Morgan fingerprint density at radius 2 is 1.96 bits per heavy atom. The Morgan fingerprint density at radius 1 is 1.12 bits per heavy atom. The molecule has 0 N–H and O–H groups in total. The standard InChI is InChI=1S/C18H16FN5OS/c1-23-17(11-25-15-7-5-13(19)6-8-15)21-22-18(23)26-12-14-10-24-9-3-2-4-16(24)20-14/h2-10H,11-12H2,1H3. The highest BCUT2D eigenvalue weighted by molar-refractivity contribution is 7.98. The molecular weight excluding hydrogens is 353 g/mol. The van der Waals surface area contributed by atoms with Crippen LogP contribution < -0.4 is 4.74 Å². The Balaban J connectivity index is 1.39. The molecule has 6 nitrogen and oxygen atoms in total. The van der Waals surface area contributed by atoms with Gasteiger partial charge in [-0.2, -0.15) is 0 Å². The molecule has 1 aromatic carbocycles. The summed E-state index contributed by atoms with van der Waals surface area (Å²) in [5, 5.41) is 9.17. The number of benzene rings is 1. The van der Waals surface area contributed by atoms with Crippen LogP contribution in [0.4, 0.5) is 4.39 Å². The zero-order valence-corrected chi connectivity index (χ0v) is 14.9. The number of imidazole rings is 1. The highest BCUT2D eigenvalue weighted by Gasteiger charge is 2.11. The van der Waals surface area contributed by atoms with Gasteiger partial charge in [0.2, 0.25) is 0 Å². The predicted molar refractivity (Wildman–Crippen MR) is 96.5 cm³/mol. The monoisotopic (exact) mass is 369 g/mol. The minimum absolute atomic E-state index is 0.268. The second kappa shape index (κ2) is 7.17. The molecule has 0 radical (unpaired) electrons. The largest absolute Gasteiger partial charge is 0.486 e. The second-order valence-corrected chi connectivity index (χ2v) is 6.63. The fourth-order valence-electron chi connectivity index (χ4n) is 2.47. The number of hydrogen-bond donors (Lipinski definition) is 0. The maximum absolute atomic E-state index is 12.9. The van der Waals surface area contributed by atoms with Gasteiger partial charge in [-0.1, -0.05) is 17.8 Å². The average molecular weight is 369 g/mol. The summed E-state index contributed by atoms with van der Waals surface area (Å²) in [5.41, 5.74) is 1.91. The lowest BCUT2D eigenvalue weighted by atomic mass is 10.3. The quantitative estimate of drug-likeness (QED) is 0.487. The molecule has 0 fully saturated rings. The molecule has 0 saturated carbocycles. The van der Waals surface area contributed by atoms with Crippen molar-refractivity contribution in [1.29, 1.82) is 0 Å². The van der Waals surface area contributed by atoms with Crippen molar-refractivity contribution in [2.24, 2.45) is 7.05 Å². The number of hydrogen-bond acceptors (Lipinski definition) is 5. The van der Waals surface area contributed by atoms with E-state index in [1.807, 2.05) is 46.6 Å². The highest BCUT2D eigenvalue weighted by atomic mass is 32.2. The Morgan fingerprint density at radius 3 is 2.77 bits per heavy atom. The zero-order valence-electron chi connectivity index (χ0n) is 14.0. The van der Waals surface area contributed by atoms with Gasteiger partial charge < -0.3 is 13.7 Å². The van der Waals surface area contributed by atoms with E-state index < -0.39 is 0 Å². The van der Waals surface area contributed by atoms with Crippen LogP contribution in [0.25, 0.3) is 5.65 Å². The van der Waals surface area contributed by atoms with E-state index in [0.717, 1.165) is 16.5 Å². The lowest BCUT2D eigenvalue weighted by Gasteiger charge is -2.06. The van der Waals surface area contributed by atoms with Gasteiger partial charge >= 0.3 is 0 Å². The third kappa shape index (κ3) is 3.55. The van der Waals surface area contributed by atoms with Crippen LogP contribution in [0.5, 0.6) is 5.75 Å². The molecule has 8 heteroatoms. The summed E-state index contributed by atoms with van der Waals surface area (Å²) >= 11 is 1.57. The Kier molecular flexibility index (Phi) is 4.57. The minimum Gasteiger partial charge on any atom is -0.486 e. The molecule has 132 valence electrons. The van der Waals surface area contributed by atoms with Crippen molar-refractivity contribution < 1.29 is 9.13 Å². The summed E-state index contributed by atoms with van der Waals surface area (Å²) in [6.07, 6.45) is 3.99. The topological polar surface area (TPSA) is 57.2 Å². The molecule has 3 aromatic heterocycles. The van der Waals surface area contributed by atoms with E-state index in [2.05, 4.69) is 15.2 Å². The number of pyridine rings is 1. The molecule has 0 bridgehead atoms. The van der Waals surface area contributed by atoms with E-state index in [1.165, 1.54) is 12.1 Å². The van der Waals surface area contributed by atoms with Gasteiger partial charge in [0.25, 0.3) is 0 Å². The van der Waals surface area contributed by atoms with E-state index in [-0.39, 0.29) is 12.4 Å². The summed E-state index contributed by atoms with van der Waals surface area (Å²) in [4.78, 5) is 4.58. The molecule has 4 aromatic rings. The molecular formula is C18H16FN5OS. The fourth-order valence-corrected chi connectivity index (χ4v) is 3.28. The molecule has 0 aliphatic rings. The SMILES string of the molecule is Cn1c(COc2ccc(F)cc2)nnc1SCc1cn2ccccc2n1. The normalized spacial score (nSPS) is 11.2. The molecule has 0 saturated heterocycles. The van der Waals surface area contributed by atoms with E-state index in [9.17, 15) is 4.39 Å². The van der Waals surface area contributed by atoms with Crippen molar-refractivity contribution in [3.8, 4) is 5.75 Å². The molecule has 0 amide bonds. The van der Waals surface area contributed by atoms with E-state index in [0.29, 0.717) is 17.3 Å². The number of halogens is 1. The molecule has 4 rings (SSSR count). The van der Waals surface area contributed by atoms with Crippen molar-refractivity contribution in [2.75, 3.05) is 0 Å². The fraction of sp³-hybridized carbons (Fsp3) is 0.167. The number of fused-ring (bicyclic) bond motifs is 1. The van der Waals surface area contributed by atoms with Crippen molar-refractivity contribution >= 4 is 17.4 Å². The van der Waals surface area contributed by atoms with Crippen LogP contribution in [0.1, 0.15) is 11.5 Å². The van der Waals surface area contributed by atoms with E-state index >= 15 is 0 Å². The third-order valence-electron chi connectivity index (χ3n) is 3.87. The van der Waals surface area contributed by atoms with Gasteiger partial charge in [0, 0.05) is 25.2 Å². The summed E-state index contributed by atoms with van der Waals surface area (Å²) in [6, 6.07) is 11.8. The predicted octanol–water partition coefficient (Wildman–Crippen LogP) is 3.47. The first kappa shape index (κ1) is 16.6. The van der Waals surface area contributed by atoms with Crippen LogP contribution >= 0.6 is 11.8 Å². The molecule has 3 heterocycles. The van der Waals surface area contributed by atoms with Crippen LogP contribution in [-0.4, -0.2) is 24.1 Å². The van der Waals surface area contributed by atoms with Crippen LogP contribution in [0, 0.1) is 5.82 Å². The van der Waals surface area contributed by atoms with Gasteiger partial charge in [-0.05, 0) is 36.4 Å². The number of ether oxygens (including phenoxy) is 1.